The van der Waals surface area contributed by atoms with Crippen molar-refractivity contribution in [1.29, 1.82) is 0 Å². The summed E-state index contributed by atoms with van der Waals surface area (Å²) in [6, 6.07) is 47.6. The Balaban J connectivity index is 0.000000340. The normalized spacial score (nSPS) is 10.8. The number of hydrogen-bond acceptors (Lipinski definition) is 0. The molecule has 0 aliphatic heterocycles. The van der Waals surface area contributed by atoms with Crippen LogP contribution in [0.3, 0.4) is 0 Å². The molecule has 7 aromatic carbocycles. The molecule has 7 aromatic rings. The second-order valence-electron chi connectivity index (χ2n) is 8.19. The van der Waals surface area contributed by atoms with Crippen LogP contribution in [0.4, 0.5) is 0 Å². The summed E-state index contributed by atoms with van der Waals surface area (Å²) in [5.74, 6) is 0. The standard InChI is InChI=1S/C27H17.C5H5.Fe/c1-2-8-18(7-1)27-23-12-6-5-11-21(23)17-26-24(27)14-13-22-15-19-9-3-4-10-20(19)16-25(22)26;1-2-4-5-3-1;/h1-17H;1-5H;/q-1;-5;. The summed E-state index contributed by atoms with van der Waals surface area (Å²) in [6.07, 6.45) is 0. The number of benzene rings is 5. The largest absolute Gasteiger partial charge is 0.748 e. The molecule has 0 aliphatic rings. The molecule has 0 saturated heterocycles. The van der Waals surface area contributed by atoms with E-state index in [9.17, 15) is 0 Å². The van der Waals surface area contributed by atoms with Crippen LogP contribution in [0.15, 0.2) is 133 Å². The van der Waals surface area contributed by atoms with Gasteiger partial charge in [0.05, 0.1) is 0 Å². The fourth-order valence-electron chi connectivity index (χ4n) is 4.73. The summed E-state index contributed by atoms with van der Waals surface area (Å²) >= 11 is 0. The molecule has 0 unspecified atom stereocenters. The van der Waals surface area contributed by atoms with Crippen LogP contribution in [0.2, 0.25) is 0 Å². The molecule has 0 spiro atoms. The van der Waals surface area contributed by atoms with Crippen molar-refractivity contribution in [1.82, 2.24) is 0 Å². The molecule has 0 aromatic heterocycles. The van der Waals surface area contributed by atoms with Gasteiger partial charge in [0.2, 0.25) is 0 Å². The van der Waals surface area contributed by atoms with E-state index in [4.69, 9.17) is 0 Å². The zero-order valence-corrected chi connectivity index (χ0v) is 19.2. The van der Waals surface area contributed by atoms with Crippen LogP contribution in [-0.2, 0) is 17.1 Å². The second-order valence-corrected chi connectivity index (χ2v) is 8.19. The SMILES string of the molecule is [Fe].[cH-]1[cH-][cH-][cH-][cH-]1.c1ccc2cc3c(ccc4c(-[c-]5cccc5)c5ccccc5cc43)cc2c1. The first-order chi connectivity index (χ1) is 15.9. The van der Waals surface area contributed by atoms with E-state index in [1.807, 2.05) is 30.3 Å². The van der Waals surface area contributed by atoms with Gasteiger partial charge in [0.1, 0.15) is 0 Å². The molecule has 7 rings (SSSR count). The third kappa shape index (κ3) is 3.87. The maximum Gasteiger partial charge on any atom is 0 e. The van der Waals surface area contributed by atoms with Gasteiger partial charge in [0.15, 0.2) is 0 Å². The predicted molar refractivity (Wildman–Crippen MR) is 140 cm³/mol. The van der Waals surface area contributed by atoms with Crippen molar-refractivity contribution >= 4 is 43.1 Å². The van der Waals surface area contributed by atoms with Gasteiger partial charge >= 0.3 is 0 Å². The summed E-state index contributed by atoms with van der Waals surface area (Å²) in [5, 5.41) is 10.5. The topological polar surface area (TPSA) is 0 Å². The number of hydrogen-bond donors (Lipinski definition) is 0. The Bertz CT molecular complexity index is 1640. The quantitative estimate of drug-likeness (QED) is 0.0988. The van der Waals surface area contributed by atoms with Crippen molar-refractivity contribution in [2.24, 2.45) is 0 Å². The maximum absolute atomic E-state index is 2.36. The minimum atomic E-state index is 0. The van der Waals surface area contributed by atoms with Gasteiger partial charge < -0.3 is 30.3 Å². The van der Waals surface area contributed by atoms with Gasteiger partial charge in [-0.15, -0.1) is 17.7 Å². The van der Waals surface area contributed by atoms with Crippen molar-refractivity contribution < 1.29 is 17.1 Å². The average Bonchev–Trinajstić information content (AvgIpc) is 3.59. The molecule has 0 heterocycles. The van der Waals surface area contributed by atoms with E-state index < -0.39 is 0 Å². The molecule has 0 nitrogen and oxygen atoms in total. The average molecular weight is 462 g/mol. The third-order valence-corrected chi connectivity index (χ3v) is 6.23. The van der Waals surface area contributed by atoms with Crippen molar-refractivity contribution in [3.63, 3.8) is 0 Å². The molecule has 0 radical (unpaired) electrons. The van der Waals surface area contributed by atoms with Crippen LogP contribution in [0.5, 0.6) is 0 Å². The summed E-state index contributed by atoms with van der Waals surface area (Å²) in [4.78, 5) is 0. The van der Waals surface area contributed by atoms with Crippen LogP contribution < -0.4 is 0 Å². The molecule has 0 saturated carbocycles. The Hall–Kier alpha value is -3.64. The van der Waals surface area contributed by atoms with Gasteiger partial charge in [-0.05, 0) is 39.1 Å². The zero-order valence-electron chi connectivity index (χ0n) is 18.1. The van der Waals surface area contributed by atoms with Gasteiger partial charge in [-0.25, -0.2) is 0 Å². The number of fused-ring (bicyclic) bond motifs is 5. The molecule has 33 heavy (non-hydrogen) atoms. The van der Waals surface area contributed by atoms with E-state index >= 15 is 0 Å². The molecule has 0 amide bonds. The van der Waals surface area contributed by atoms with Gasteiger partial charge in [-0.2, -0.15) is 12.1 Å². The Morgan fingerprint density at radius 1 is 0.424 bits per heavy atom. The first-order valence-electron chi connectivity index (χ1n) is 11.0. The van der Waals surface area contributed by atoms with Crippen LogP contribution >= 0.6 is 0 Å². The van der Waals surface area contributed by atoms with Crippen molar-refractivity contribution in [2.75, 3.05) is 0 Å². The molecule has 0 aliphatic carbocycles. The van der Waals surface area contributed by atoms with E-state index in [0.717, 1.165) is 0 Å². The maximum atomic E-state index is 2.36. The van der Waals surface area contributed by atoms with Crippen molar-refractivity contribution in [2.45, 2.75) is 0 Å². The van der Waals surface area contributed by atoms with E-state index in [2.05, 4.69) is 103 Å². The fraction of sp³-hybridized carbons (Fsp3) is 0. The molecule has 1 heteroatoms. The molecular weight excluding hydrogens is 440 g/mol. The minimum Gasteiger partial charge on any atom is -0.748 e. The second kappa shape index (κ2) is 9.08. The molecule has 0 N–H and O–H groups in total. The molecule has 164 valence electrons. The Labute approximate surface area is 204 Å². The van der Waals surface area contributed by atoms with Crippen LogP contribution in [-0.4, -0.2) is 0 Å². The van der Waals surface area contributed by atoms with Gasteiger partial charge in [-0.1, -0.05) is 88.5 Å². The first-order valence-corrected chi connectivity index (χ1v) is 11.0. The monoisotopic (exact) mass is 462 g/mol. The van der Waals surface area contributed by atoms with Gasteiger partial charge in [0, 0.05) is 17.1 Å². The molecule has 0 fully saturated rings. The van der Waals surface area contributed by atoms with E-state index in [1.165, 1.54) is 54.2 Å². The van der Waals surface area contributed by atoms with Gasteiger partial charge in [0.25, 0.3) is 0 Å². The van der Waals surface area contributed by atoms with Crippen LogP contribution in [0.25, 0.3) is 54.2 Å². The summed E-state index contributed by atoms with van der Waals surface area (Å²) in [6.45, 7) is 0. The van der Waals surface area contributed by atoms with E-state index in [1.54, 1.807) is 0 Å². The zero-order chi connectivity index (χ0) is 21.3. The van der Waals surface area contributed by atoms with Gasteiger partial charge in [-0.3, -0.25) is 0 Å². The van der Waals surface area contributed by atoms with E-state index in [-0.39, 0.29) is 17.1 Å². The molecular formula is C32H22Fe-6. The summed E-state index contributed by atoms with van der Waals surface area (Å²) in [7, 11) is 0. The van der Waals surface area contributed by atoms with Crippen molar-refractivity contribution in [3.8, 4) is 11.1 Å². The smallest absolute Gasteiger partial charge is 0 e. The van der Waals surface area contributed by atoms with Crippen LogP contribution in [0, 0.1) is 0 Å². The molecule has 0 atom stereocenters. The Morgan fingerprint density at radius 2 is 0.970 bits per heavy atom. The summed E-state index contributed by atoms with van der Waals surface area (Å²) < 4.78 is 0. The van der Waals surface area contributed by atoms with Crippen molar-refractivity contribution in [3.05, 3.63) is 133 Å². The first kappa shape index (κ1) is 21.2. The Kier molecular flexibility index (Phi) is 5.84. The fourth-order valence-corrected chi connectivity index (χ4v) is 4.73. The predicted octanol–water partition coefficient (Wildman–Crippen LogP) is 9.09. The Morgan fingerprint density at radius 3 is 1.67 bits per heavy atom. The summed E-state index contributed by atoms with van der Waals surface area (Å²) in [5.41, 5.74) is 2.63. The van der Waals surface area contributed by atoms with Crippen LogP contribution in [0.1, 0.15) is 0 Å². The number of rotatable bonds is 1. The molecule has 0 bridgehead atoms. The third-order valence-electron chi connectivity index (χ3n) is 6.23. The van der Waals surface area contributed by atoms with E-state index in [0.29, 0.717) is 0 Å². The minimum absolute atomic E-state index is 0.